The third kappa shape index (κ3) is 21.0. The van der Waals surface area contributed by atoms with E-state index in [1.54, 1.807) is 6.92 Å². The Morgan fingerprint density at radius 2 is 1.13 bits per heavy atom. The molecule has 0 bridgehead atoms. The first-order chi connectivity index (χ1) is 10.7. The molecular formula is C19H40KNO2. The standard InChI is InChI=1S/C19H39NO2.K.H/c1-3-4-5-6-7-8-9-10-11-12-13-14-15-16-17-22-19(21)18(2)20;;/h18H,3-17,20H2,1-2H3;;/t18-;;/m0../s1. The Labute approximate surface area is 187 Å². The fourth-order valence-electron chi connectivity index (χ4n) is 2.60. The summed E-state index contributed by atoms with van der Waals surface area (Å²) in [7, 11) is 0. The number of nitrogens with two attached hydrogens (primary N) is 1. The first-order valence-corrected chi connectivity index (χ1v) is 9.60. The molecule has 0 saturated heterocycles. The van der Waals surface area contributed by atoms with Crippen LogP contribution in [0.25, 0.3) is 0 Å². The molecule has 0 aromatic heterocycles. The number of carbonyl (C=O) groups excluding carboxylic acids is 1. The summed E-state index contributed by atoms with van der Waals surface area (Å²) in [5.74, 6) is -0.283. The second-order valence-corrected chi connectivity index (χ2v) is 6.55. The van der Waals surface area contributed by atoms with E-state index in [-0.39, 0.29) is 57.4 Å². The molecule has 1 atom stereocenters. The van der Waals surface area contributed by atoms with Crippen molar-refractivity contribution in [2.24, 2.45) is 5.73 Å². The Bertz CT molecular complexity index is 248. The molecule has 0 rings (SSSR count). The quantitative estimate of drug-likeness (QED) is 0.248. The van der Waals surface area contributed by atoms with Crippen LogP contribution in [0.1, 0.15) is 104 Å². The van der Waals surface area contributed by atoms with Crippen molar-refractivity contribution >= 4 is 57.4 Å². The molecule has 23 heavy (non-hydrogen) atoms. The van der Waals surface area contributed by atoms with Gasteiger partial charge in [-0.3, -0.25) is 4.79 Å². The Hall–Kier alpha value is 1.07. The van der Waals surface area contributed by atoms with E-state index >= 15 is 0 Å². The zero-order chi connectivity index (χ0) is 16.5. The molecule has 0 aliphatic heterocycles. The second kappa shape index (κ2) is 21.1. The molecule has 0 aliphatic rings. The second-order valence-electron chi connectivity index (χ2n) is 6.55. The van der Waals surface area contributed by atoms with Crippen molar-refractivity contribution in [1.29, 1.82) is 0 Å². The number of unbranched alkanes of at least 4 members (excludes halogenated alkanes) is 13. The van der Waals surface area contributed by atoms with Gasteiger partial charge in [0.1, 0.15) is 6.04 Å². The van der Waals surface area contributed by atoms with Gasteiger partial charge in [-0.25, -0.2) is 0 Å². The van der Waals surface area contributed by atoms with Crippen LogP contribution in [0, 0.1) is 0 Å². The molecule has 134 valence electrons. The third-order valence-electron chi connectivity index (χ3n) is 4.11. The van der Waals surface area contributed by atoms with Crippen molar-refractivity contribution in [3.63, 3.8) is 0 Å². The van der Waals surface area contributed by atoms with E-state index in [2.05, 4.69) is 6.92 Å². The van der Waals surface area contributed by atoms with Gasteiger partial charge in [0.2, 0.25) is 0 Å². The van der Waals surface area contributed by atoms with Gasteiger partial charge in [0.15, 0.2) is 0 Å². The predicted molar refractivity (Wildman–Crippen MR) is 102 cm³/mol. The van der Waals surface area contributed by atoms with E-state index < -0.39 is 6.04 Å². The maximum atomic E-state index is 11.1. The molecule has 2 N–H and O–H groups in total. The van der Waals surface area contributed by atoms with E-state index in [0.717, 1.165) is 12.8 Å². The number of rotatable bonds is 16. The molecule has 0 heterocycles. The summed E-state index contributed by atoms with van der Waals surface area (Å²) in [5, 5.41) is 0. The molecule has 0 unspecified atom stereocenters. The topological polar surface area (TPSA) is 52.3 Å². The normalized spacial score (nSPS) is 11.8. The van der Waals surface area contributed by atoms with Crippen LogP contribution in [0.4, 0.5) is 0 Å². The van der Waals surface area contributed by atoms with Crippen LogP contribution in [0.5, 0.6) is 0 Å². The summed E-state index contributed by atoms with van der Waals surface area (Å²) in [6.45, 7) is 4.46. The molecule has 4 heteroatoms. The van der Waals surface area contributed by atoms with Gasteiger partial charge < -0.3 is 10.5 Å². The summed E-state index contributed by atoms with van der Waals surface area (Å²) in [6, 6.07) is -0.494. The first-order valence-electron chi connectivity index (χ1n) is 9.60. The summed E-state index contributed by atoms with van der Waals surface area (Å²) in [4.78, 5) is 11.1. The van der Waals surface area contributed by atoms with Crippen molar-refractivity contribution in [2.75, 3.05) is 6.61 Å². The summed E-state index contributed by atoms with van der Waals surface area (Å²) >= 11 is 0. The molecule has 0 aromatic rings. The van der Waals surface area contributed by atoms with Gasteiger partial charge in [-0.05, 0) is 13.3 Å². The van der Waals surface area contributed by atoms with Crippen molar-refractivity contribution in [2.45, 2.75) is 110 Å². The van der Waals surface area contributed by atoms with Gasteiger partial charge in [0.25, 0.3) is 0 Å². The molecule has 0 fully saturated rings. The summed E-state index contributed by atoms with van der Waals surface area (Å²) in [5.41, 5.74) is 5.42. The van der Waals surface area contributed by atoms with Crippen molar-refractivity contribution in [1.82, 2.24) is 0 Å². The van der Waals surface area contributed by atoms with E-state index in [9.17, 15) is 4.79 Å². The first kappa shape index (κ1) is 26.3. The van der Waals surface area contributed by atoms with E-state index in [0.29, 0.717) is 6.61 Å². The Kier molecular flexibility index (Phi) is 24.1. The molecule has 0 amide bonds. The monoisotopic (exact) mass is 353 g/mol. The molecule has 0 aromatic carbocycles. The fourth-order valence-corrected chi connectivity index (χ4v) is 2.60. The van der Waals surface area contributed by atoms with Gasteiger partial charge in [-0.1, -0.05) is 90.4 Å². The number of hydrogen-bond acceptors (Lipinski definition) is 3. The van der Waals surface area contributed by atoms with E-state index in [4.69, 9.17) is 10.5 Å². The number of hydrogen-bond donors (Lipinski definition) is 1. The Balaban J connectivity index is 0. The molecule has 0 aliphatic carbocycles. The summed E-state index contributed by atoms with van der Waals surface area (Å²) in [6.07, 6.45) is 18.7. The van der Waals surface area contributed by atoms with Crippen LogP contribution >= 0.6 is 0 Å². The van der Waals surface area contributed by atoms with Crippen molar-refractivity contribution in [3.8, 4) is 0 Å². The number of esters is 1. The Morgan fingerprint density at radius 1 is 0.783 bits per heavy atom. The SMILES string of the molecule is CCCCCCCCCCCCCCCCOC(=O)[C@H](C)N.[KH]. The van der Waals surface area contributed by atoms with Gasteiger partial charge in [-0.2, -0.15) is 0 Å². The van der Waals surface area contributed by atoms with Crippen LogP contribution in [-0.2, 0) is 9.53 Å². The zero-order valence-corrected chi connectivity index (χ0v) is 15.1. The zero-order valence-electron chi connectivity index (χ0n) is 15.1. The minimum absolute atomic E-state index is 0. The van der Waals surface area contributed by atoms with Gasteiger partial charge in [0.05, 0.1) is 6.61 Å². The number of carbonyl (C=O) groups is 1. The van der Waals surface area contributed by atoms with Crippen LogP contribution in [0.15, 0.2) is 0 Å². The van der Waals surface area contributed by atoms with Gasteiger partial charge in [-0.15, -0.1) is 0 Å². The third-order valence-corrected chi connectivity index (χ3v) is 4.11. The molecule has 3 nitrogen and oxygen atoms in total. The van der Waals surface area contributed by atoms with Crippen LogP contribution in [0.2, 0.25) is 0 Å². The van der Waals surface area contributed by atoms with Gasteiger partial charge in [0, 0.05) is 0 Å². The average molecular weight is 354 g/mol. The number of ether oxygens (including phenoxy) is 1. The Morgan fingerprint density at radius 3 is 1.48 bits per heavy atom. The predicted octanol–water partition coefficient (Wildman–Crippen LogP) is 4.71. The van der Waals surface area contributed by atoms with Crippen molar-refractivity contribution in [3.05, 3.63) is 0 Å². The maximum absolute atomic E-state index is 11.1. The van der Waals surface area contributed by atoms with Crippen LogP contribution in [-0.4, -0.2) is 70.0 Å². The molecule has 0 saturated carbocycles. The van der Waals surface area contributed by atoms with Crippen LogP contribution in [0.3, 0.4) is 0 Å². The molecule has 0 radical (unpaired) electrons. The molecular weight excluding hydrogens is 313 g/mol. The van der Waals surface area contributed by atoms with E-state index in [1.165, 1.54) is 77.0 Å². The fraction of sp³-hybridized carbons (Fsp3) is 0.947. The van der Waals surface area contributed by atoms with Gasteiger partial charge >= 0.3 is 57.4 Å². The minimum atomic E-state index is -0.494. The summed E-state index contributed by atoms with van der Waals surface area (Å²) < 4.78 is 5.05. The van der Waals surface area contributed by atoms with Crippen molar-refractivity contribution < 1.29 is 9.53 Å². The van der Waals surface area contributed by atoms with E-state index in [1.807, 2.05) is 0 Å². The average Bonchev–Trinajstić information content (AvgIpc) is 2.50. The molecule has 0 spiro atoms. The van der Waals surface area contributed by atoms with Crippen LogP contribution < -0.4 is 5.73 Å².